The van der Waals surface area contributed by atoms with Crippen LogP contribution in [0.2, 0.25) is 5.02 Å². The molecule has 0 aromatic heterocycles. The van der Waals surface area contributed by atoms with E-state index in [-0.39, 0.29) is 18.9 Å². The quantitative estimate of drug-likeness (QED) is 0.892. The number of nitrogens with one attached hydrogen (secondary N) is 1. The number of carbonyl (C=O) groups excluding carboxylic acids is 1. The van der Waals surface area contributed by atoms with Crippen molar-refractivity contribution < 1.29 is 9.90 Å². The minimum Gasteiger partial charge on any atom is -0.384 e. The fourth-order valence-corrected chi connectivity index (χ4v) is 2.15. The van der Waals surface area contributed by atoms with Crippen molar-refractivity contribution in [2.45, 2.75) is 18.9 Å². The molecule has 0 aliphatic heterocycles. The van der Waals surface area contributed by atoms with E-state index >= 15 is 0 Å². The van der Waals surface area contributed by atoms with Gasteiger partial charge in [-0.3, -0.25) is 4.79 Å². The first-order valence-electron chi connectivity index (χ1n) is 6.76. The van der Waals surface area contributed by atoms with Gasteiger partial charge in [0, 0.05) is 5.02 Å². The number of carbonyl (C=O) groups is 1. The van der Waals surface area contributed by atoms with E-state index in [2.05, 4.69) is 5.32 Å². The zero-order valence-corrected chi connectivity index (χ0v) is 12.6. The minimum absolute atomic E-state index is 0.131. The van der Waals surface area contributed by atoms with Crippen molar-refractivity contribution in [3.8, 4) is 0 Å². The second-order valence-electron chi connectivity index (χ2n) is 5.22. The van der Waals surface area contributed by atoms with Crippen LogP contribution in [-0.2, 0) is 16.8 Å². The number of rotatable bonds is 5. The van der Waals surface area contributed by atoms with Gasteiger partial charge in [-0.25, -0.2) is 0 Å². The molecule has 0 fully saturated rings. The molecular formula is C17H18ClNO2. The first-order valence-corrected chi connectivity index (χ1v) is 7.14. The smallest absolute Gasteiger partial charge is 0.224 e. The van der Waals surface area contributed by atoms with Crippen molar-refractivity contribution in [3.63, 3.8) is 0 Å². The van der Waals surface area contributed by atoms with Crippen molar-refractivity contribution in [3.05, 3.63) is 70.7 Å². The van der Waals surface area contributed by atoms with Crippen molar-refractivity contribution in [2.24, 2.45) is 0 Å². The third kappa shape index (κ3) is 4.59. The normalized spacial score (nSPS) is 13.5. The molecular weight excluding hydrogens is 286 g/mol. The SMILES string of the molecule is CC(O)(CNC(=O)Cc1ccc(Cl)cc1)c1ccccc1. The summed E-state index contributed by atoms with van der Waals surface area (Å²) in [5, 5.41) is 13.8. The largest absolute Gasteiger partial charge is 0.384 e. The molecule has 2 aromatic carbocycles. The van der Waals surface area contributed by atoms with E-state index < -0.39 is 5.60 Å². The van der Waals surface area contributed by atoms with Crippen LogP contribution in [0.4, 0.5) is 0 Å². The second-order valence-corrected chi connectivity index (χ2v) is 5.66. The van der Waals surface area contributed by atoms with Gasteiger partial charge in [-0.1, -0.05) is 54.1 Å². The Bertz CT molecular complexity index is 594. The Balaban J connectivity index is 1.90. The van der Waals surface area contributed by atoms with Crippen LogP contribution in [0.3, 0.4) is 0 Å². The van der Waals surface area contributed by atoms with Crippen LogP contribution in [0.5, 0.6) is 0 Å². The highest BCUT2D eigenvalue weighted by Gasteiger charge is 2.23. The monoisotopic (exact) mass is 303 g/mol. The fraction of sp³-hybridized carbons (Fsp3) is 0.235. The van der Waals surface area contributed by atoms with Crippen LogP contribution in [0.1, 0.15) is 18.1 Å². The molecule has 1 atom stereocenters. The number of aliphatic hydroxyl groups is 1. The number of halogens is 1. The summed E-state index contributed by atoms with van der Waals surface area (Å²) in [7, 11) is 0. The summed E-state index contributed by atoms with van der Waals surface area (Å²) in [6.45, 7) is 1.86. The highest BCUT2D eigenvalue weighted by atomic mass is 35.5. The summed E-state index contributed by atoms with van der Waals surface area (Å²) in [4.78, 5) is 11.9. The summed E-state index contributed by atoms with van der Waals surface area (Å²) >= 11 is 5.80. The maximum atomic E-state index is 11.9. The number of amides is 1. The van der Waals surface area contributed by atoms with Crippen molar-refractivity contribution in [1.82, 2.24) is 5.32 Å². The molecule has 21 heavy (non-hydrogen) atoms. The minimum atomic E-state index is -1.09. The molecule has 0 bridgehead atoms. The van der Waals surface area contributed by atoms with Gasteiger partial charge in [0.05, 0.1) is 13.0 Å². The van der Waals surface area contributed by atoms with E-state index in [4.69, 9.17) is 11.6 Å². The molecule has 0 saturated carbocycles. The Kier molecular flexibility index (Phi) is 4.99. The van der Waals surface area contributed by atoms with Gasteiger partial charge in [-0.05, 0) is 30.2 Å². The molecule has 0 radical (unpaired) electrons. The molecule has 0 heterocycles. The van der Waals surface area contributed by atoms with E-state index in [1.54, 1.807) is 19.1 Å². The Hall–Kier alpha value is -1.84. The van der Waals surface area contributed by atoms with E-state index in [0.29, 0.717) is 5.02 Å². The molecule has 110 valence electrons. The van der Waals surface area contributed by atoms with Crippen LogP contribution in [0.25, 0.3) is 0 Å². The summed E-state index contributed by atoms with van der Waals surface area (Å²) in [6, 6.07) is 16.4. The van der Waals surface area contributed by atoms with Crippen LogP contribution < -0.4 is 5.32 Å². The maximum Gasteiger partial charge on any atom is 0.224 e. The summed E-state index contributed by atoms with van der Waals surface area (Å²) in [6.07, 6.45) is 0.266. The van der Waals surface area contributed by atoms with Gasteiger partial charge in [-0.2, -0.15) is 0 Å². The highest BCUT2D eigenvalue weighted by molar-refractivity contribution is 6.30. The summed E-state index contributed by atoms with van der Waals surface area (Å²) in [5.41, 5.74) is 0.574. The first-order chi connectivity index (χ1) is 9.97. The summed E-state index contributed by atoms with van der Waals surface area (Å²) in [5.74, 6) is -0.131. The zero-order valence-electron chi connectivity index (χ0n) is 11.8. The third-order valence-electron chi connectivity index (χ3n) is 3.30. The van der Waals surface area contributed by atoms with Gasteiger partial charge >= 0.3 is 0 Å². The molecule has 4 heteroatoms. The molecule has 0 saturated heterocycles. The highest BCUT2D eigenvalue weighted by Crippen LogP contribution is 2.19. The first kappa shape index (κ1) is 15.5. The Labute approximate surface area is 129 Å². The second kappa shape index (κ2) is 6.74. The summed E-state index contributed by atoms with van der Waals surface area (Å²) < 4.78 is 0. The van der Waals surface area contributed by atoms with Crippen LogP contribution >= 0.6 is 11.6 Å². The topological polar surface area (TPSA) is 49.3 Å². The molecule has 2 aromatic rings. The molecule has 1 unspecified atom stereocenters. The van der Waals surface area contributed by atoms with Crippen molar-refractivity contribution in [1.29, 1.82) is 0 Å². The number of hydrogen-bond acceptors (Lipinski definition) is 2. The van der Waals surface area contributed by atoms with E-state index in [9.17, 15) is 9.90 Å². The predicted octanol–water partition coefficient (Wildman–Crippen LogP) is 2.91. The van der Waals surface area contributed by atoms with E-state index in [0.717, 1.165) is 11.1 Å². The predicted molar refractivity (Wildman–Crippen MR) is 84.2 cm³/mol. The van der Waals surface area contributed by atoms with E-state index in [1.165, 1.54) is 0 Å². The van der Waals surface area contributed by atoms with Crippen LogP contribution in [0, 0.1) is 0 Å². The zero-order chi connectivity index (χ0) is 15.3. The lowest BCUT2D eigenvalue weighted by Gasteiger charge is -2.24. The van der Waals surface area contributed by atoms with Crippen molar-refractivity contribution >= 4 is 17.5 Å². The number of hydrogen-bond donors (Lipinski definition) is 2. The Morgan fingerprint density at radius 2 is 1.76 bits per heavy atom. The Morgan fingerprint density at radius 3 is 2.38 bits per heavy atom. The maximum absolute atomic E-state index is 11.9. The molecule has 1 amide bonds. The van der Waals surface area contributed by atoms with Gasteiger partial charge in [0.2, 0.25) is 5.91 Å². The van der Waals surface area contributed by atoms with Gasteiger partial charge in [0.15, 0.2) is 0 Å². The average Bonchev–Trinajstić information content (AvgIpc) is 2.49. The Morgan fingerprint density at radius 1 is 1.14 bits per heavy atom. The molecule has 0 spiro atoms. The van der Waals surface area contributed by atoms with Gasteiger partial charge in [0.25, 0.3) is 0 Å². The van der Waals surface area contributed by atoms with Crippen molar-refractivity contribution in [2.75, 3.05) is 6.54 Å². The molecule has 2 N–H and O–H groups in total. The molecule has 0 aliphatic carbocycles. The van der Waals surface area contributed by atoms with Gasteiger partial charge in [-0.15, -0.1) is 0 Å². The lowest BCUT2D eigenvalue weighted by Crippen LogP contribution is -2.39. The van der Waals surface area contributed by atoms with E-state index in [1.807, 2.05) is 42.5 Å². The average molecular weight is 304 g/mol. The van der Waals surface area contributed by atoms with Crippen LogP contribution in [-0.4, -0.2) is 17.6 Å². The van der Waals surface area contributed by atoms with Gasteiger partial charge in [0.1, 0.15) is 5.60 Å². The van der Waals surface area contributed by atoms with Crippen LogP contribution in [0.15, 0.2) is 54.6 Å². The lowest BCUT2D eigenvalue weighted by atomic mass is 9.96. The standard InChI is InChI=1S/C17H18ClNO2/c1-17(21,14-5-3-2-4-6-14)12-19-16(20)11-13-7-9-15(18)10-8-13/h2-10,21H,11-12H2,1H3,(H,19,20). The van der Waals surface area contributed by atoms with Gasteiger partial charge < -0.3 is 10.4 Å². The fourth-order valence-electron chi connectivity index (χ4n) is 2.02. The molecule has 0 aliphatic rings. The lowest BCUT2D eigenvalue weighted by molar-refractivity contribution is -0.121. The third-order valence-corrected chi connectivity index (χ3v) is 3.56. The molecule has 2 rings (SSSR count). The number of benzene rings is 2. The molecule has 3 nitrogen and oxygen atoms in total.